The van der Waals surface area contributed by atoms with Gasteiger partial charge in [0.15, 0.2) is 11.5 Å². The summed E-state index contributed by atoms with van der Waals surface area (Å²) < 4.78 is 16.7. The fourth-order valence-corrected chi connectivity index (χ4v) is 4.23. The Hall–Kier alpha value is -2.77. The van der Waals surface area contributed by atoms with Gasteiger partial charge >= 0.3 is 0 Å². The van der Waals surface area contributed by atoms with Crippen LogP contribution in [-0.4, -0.2) is 40.9 Å². The molecule has 30 heavy (non-hydrogen) atoms. The first-order valence-corrected chi connectivity index (χ1v) is 10.3. The van der Waals surface area contributed by atoms with Crippen LogP contribution in [0.2, 0.25) is 10.0 Å². The van der Waals surface area contributed by atoms with Gasteiger partial charge in [0.05, 0.1) is 16.5 Å². The summed E-state index contributed by atoms with van der Waals surface area (Å²) >= 11 is 12.2. The average molecular weight is 446 g/mol. The van der Waals surface area contributed by atoms with Crippen molar-refractivity contribution in [3.63, 3.8) is 0 Å². The van der Waals surface area contributed by atoms with Gasteiger partial charge in [-0.25, -0.2) is 0 Å². The number of amides is 1. The second kappa shape index (κ2) is 7.81. The highest BCUT2D eigenvalue weighted by molar-refractivity contribution is 6.36. The molecule has 1 unspecified atom stereocenters. The topological polar surface area (TPSA) is 77.7 Å². The molecule has 0 N–H and O–H groups in total. The molecule has 1 fully saturated rings. The number of carbonyl (C=O) groups excluding carboxylic acids is 1. The number of aromatic nitrogens is 2. The van der Waals surface area contributed by atoms with E-state index in [2.05, 4.69) is 10.2 Å². The molecule has 154 valence electrons. The number of rotatable bonds is 3. The fraction of sp³-hybridized carbons (Fsp3) is 0.286. The Bertz CT molecular complexity index is 1120. The van der Waals surface area contributed by atoms with Gasteiger partial charge in [0, 0.05) is 23.7 Å². The van der Waals surface area contributed by atoms with Gasteiger partial charge in [-0.2, -0.15) is 0 Å². The zero-order valence-corrected chi connectivity index (χ0v) is 17.3. The molecule has 1 saturated heterocycles. The largest absolute Gasteiger partial charge is 0.454 e. The molecule has 1 amide bonds. The van der Waals surface area contributed by atoms with Crippen LogP contribution in [0, 0.1) is 0 Å². The summed E-state index contributed by atoms with van der Waals surface area (Å²) in [6, 6.07) is 10.4. The van der Waals surface area contributed by atoms with Gasteiger partial charge in [-0.05, 0) is 49.2 Å². The Morgan fingerprint density at radius 2 is 1.93 bits per heavy atom. The molecular formula is C21H17Cl2N3O4. The maximum absolute atomic E-state index is 12.9. The number of likely N-dealkylation sites (tertiary alicyclic amines) is 1. The van der Waals surface area contributed by atoms with Gasteiger partial charge in [0.1, 0.15) is 0 Å². The van der Waals surface area contributed by atoms with Crippen LogP contribution >= 0.6 is 23.2 Å². The van der Waals surface area contributed by atoms with Gasteiger partial charge in [-0.3, -0.25) is 4.79 Å². The third-order valence-corrected chi connectivity index (χ3v) is 5.83. The monoisotopic (exact) mass is 445 g/mol. The molecule has 5 rings (SSSR count). The lowest BCUT2D eigenvalue weighted by Crippen LogP contribution is -2.39. The molecule has 2 aliphatic rings. The van der Waals surface area contributed by atoms with Gasteiger partial charge in [0.2, 0.25) is 18.6 Å². The molecule has 7 nitrogen and oxygen atoms in total. The summed E-state index contributed by atoms with van der Waals surface area (Å²) in [6.07, 6.45) is 1.70. The van der Waals surface area contributed by atoms with E-state index in [1.165, 1.54) is 0 Å². The Labute approximate surface area is 182 Å². The Kier molecular flexibility index (Phi) is 5.00. The van der Waals surface area contributed by atoms with Gasteiger partial charge < -0.3 is 18.8 Å². The van der Waals surface area contributed by atoms with Crippen molar-refractivity contribution >= 4 is 29.1 Å². The smallest absolute Gasteiger partial charge is 0.255 e. The molecule has 1 aromatic heterocycles. The summed E-state index contributed by atoms with van der Waals surface area (Å²) in [5.41, 5.74) is 1.20. The second-order valence-corrected chi connectivity index (χ2v) is 8.07. The van der Waals surface area contributed by atoms with Gasteiger partial charge in [0.25, 0.3) is 5.91 Å². The summed E-state index contributed by atoms with van der Waals surface area (Å²) in [5.74, 6) is 2.11. The minimum absolute atomic E-state index is 0.0379. The molecule has 0 spiro atoms. The molecule has 0 saturated carbocycles. The van der Waals surface area contributed by atoms with Crippen molar-refractivity contribution in [2.45, 2.75) is 18.8 Å². The SMILES string of the molecule is O=C(c1ccc(Cl)cc1Cl)N1CCCC(c2nnc(-c3ccc4c(c3)OCO4)o2)C1. The number of piperidine rings is 1. The zero-order chi connectivity index (χ0) is 20.7. The highest BCUT2D eigenvalue weighted by Crippen LogP contribution is 2.36. The first-order valence-electron chi connectivity index (χ1n) is 9.56. The maximum Gasteiger partial charge on any atom is 0.255 e. The fourth-order valence-electron chi connectivity index (χ4n) is 3.74. The van der Waals surface area contributed by atoms with Crippen LogP contribution in [0.15, 0.2) is 40.8 Å². The number of benzene rings is 2. The number of nitrogens with zero attached hydrogens (tertiary/aromatic N) is 3. The van der Waals surface area contributed by atoms with E-state index >= 15 is 0 Å². The highest BCUT2D eigenvalue weighted by Gasteiger charge is 2.30. The molecule has 1 atom stereocenters. The molecule has 0 aliphatic carbocycles. The van der Waals surface area contributed by atoms with E-state index < -0.39 is 0 Å². The molecule has 0 radical (unpaired) electrons. The molecular weight excluding hydrogens is 429 g/mol. The van der Waals surface area contributed by atoms with Crippen LogP contribution in [0.25, 0.3) is 11.5 Å². The lowest BCUT2D eigenvalue weighted by Gasteiger charge is -2.31. The zero-order valence-electron chi connectivity index (χ0n) is 15.8. The van der Waals surface area contributed by atoms with Crippen LogP contribution in [-0.2, 0) is 0 Å². The number of hydrogen-bond acceptors (Lipinski definition) is 6. The van der Waals surface area contributed by atoms with Gasteiger partial charge in [-0.15, -0.1) is 10.2 Å². The van der Waals surface area contributed by atoms with Crippen molar-refractivity contribution in [2.75, 3.05) is 19.9 Å². The summed E-state index contributed by atoms with van der Waals surface area (Å²) in [6.45, 7) is 1.34. The van der Waals surface area contributed by atoms with E-state index in [1.807, 2.05) is 18.2 Å². The third-order valence-electron chi connectivity index (χ3n) is 5.28. The van der Waals surface area contributed by atoms with Crippen LogP contribution in [0.4, 0.5) is 0 Å². The lowest BCUT2D eigenvalue weighted by atomic mass is 9.97. The minimum Gasteiger partial charge on any atom is -0.454 e. The van der Waals surface area contributed by atoms with Crippen molar-refractivity contribution < 1.29 is 18.7 Å². The lowest BCUT2D eigenvalue weighted by molar-refractivity contribution is 0.0698. The van der Waals surface area contributed by atoms with Crippen molar-refractivity contribution in [1.29, 1.82) is 0 Å². The van der Waals surface area contributed by atoms with Crippen molar-refractivity contribution in [3.8, 4) is 23.0 Å². The van der Waals surface area contributed by atoms with E-state index in [4.69, 9.17) is 37.1 Å². The van der Waals surface area contributed by atoms with E-state index in [0.29, 0.717) is 52.0 Å². The summed E-state index contributed by atoms with van der Waals surface area (Å²) in [4.78, 5) is 14.7. The maximum atomic E-state index is 12.9. The molecule has 3 aromatic rings. The standard InChI is InChI=1S/C21H17Cl2N3O4/c22-14-4-5-15(16(23)9-14)21(27)26-7-1-2-13(10-26)20-25-24-19(30-20)12-3-6-17-18(8-12)29-11-28-17/h3-6,8-9,13H,1-2,7,10-11H2. The normalized spacial score (nSPS) is 17.9. The number of carbonyl (C=O) groups is 1. The van der Waals surface area contributed by atoms with Crippen molar-refractivity contribution in [2.24, 2.45) is 0 Å². The molecule has 0 bridgehead atoms. The van der Waals surface area contributed by atoms with Crippen LogP contribution in [0.3, 0.4) is 0 Å². The predicted octanol–water partition coefficient (Wildman–Crippen LogP) is 4.79. The molecule has 2 aromatic carbocycles. The molecule has 2 aliphatic heterocycles. The number of halogens is 2. The Morgan fingerprint density at radius 1 is 1.07 bits per heavy atom. The quantitative estimate of drug-likeness (QED) is 0.576. The Balaban J connectivity index is 1.33. The van der Waals surface area contributed by atoms with E-state index in [0.717, 1.165) is 18.4 Å². The molecule has 9 heteroatoms. The van der Waals surface area contributed by atoms with Crippen LogP contribution in [0.5, 0.6) is 11.5 Å². The third kappa shape index (κ3) is 3.59. The summed E-state index contributed by atoms with van der Waals surface area (Å²) in [7, 11) is 0. The number of fused-ring (bicyclic) bond motifs is 1. The van der Waals surface area contributed by atoms with Gasteiger partial charge in [-0.1, -0.05) is 23.2 Å². The first kappa shape index (κ1) is 19.2. The van der Waals surface area contributed by atoms with Crippen molar-refractivity contribution in [1.82, 2.24) is 15.1 Å². The highest BCUT2D eigenvalue weighted by atomic mass is 35.5. The second-order valence-electron chi connectivity index (χ2n) is 7.23. The average Bonchev–Trinajstić information content (AvgIpc) is 3.42. The van der Waals surface area contributed by atoms with Crippen LogP contribution in [0.1, 0.15) is 35.0 Å². The summed E-state index contributed by atoms with van der Waals surface area (Å²) in [5, 5.41) is 9.26. The first-order chi connectivity index (χ1) is 14.6. The number of ether oxygens (including phenoxy) is 2. The molecule has 3 heterocycles. The van der Waals surface area contributed by atoms with E-state index in [9.17, 15) is 4.79 Å². The Morgan fingerprint density at radius 3 is 2.80 bits per heavy atom. The predicted molar refractivity (Wildman–Crippen MR) is 110 cm³/mol. The van der Waals surface area contributed by atoms with Crippen molar-refractivity contribution in [3.05, 3.63) is 57.9 Å². The minimum atomic E-state index is -0.128. The van der Waals surface area contributed by atoms with E-state index in [-0.39, 0.29) is 18.6 Å². The van der Waals surface area contributed by atoms with E-state index in [1.54, 1.807) is 23.1 Å². The van der Waals surface area contributed by atoms with Crippen LogP contribution < -0.4 is 9.47 Å². The number of hydrogen-bond donors (Lipinski definition) is 0.